The van der Waals surface area contributed by atoms with E-state index in [9.17, 15) is 14.4 Å². The van der Waals surface area contributed by atoms with E-state index in [4.69, 9.17) is 4.98 Å². The van der Waals surface area contributed by atoms with Crippen molar-refractivity contribution < 1.29 is 9.59 Å². The molecule has 4 rings (SSSR count). The zero-order valence-electron chi connectivity index (χ0n) is 19.9. The van der Waals surface area contributed by atoms with Crippen molar-refractivity contribution in [2.24, 2.45) is 5.41 Å². The van der Waals surface area contributed by atoms with E-state index in [1.165, 1.54) is 16.3 Å². The SMILES string of the molecule is CC(C)(C)C(=O)CSc1nc2cc(C(=O)NCc3ccccc3)ccc2c(=O)n1-c1ccccc1. The minimum absolute atomic E-state index is 0.0606. The quantitative estimate of drug-likeness (QED) is 0.294. The second-order valence-electron chi connectivity index (χ2n) is 9.23. The molecule has 0 saturated carbocycles. The van der Waals surface area contributed by atoms with Gasteiger partial charge in [-0.25, -0.2) is 4.98 Å². The maximum Gasteiger partial charge on any atom is 0.266 e. The molecule has 0 saturated heterocycles. The average molecular weight is 486 g/mol. The highest BCUT2D eigenvalue weighted by atomic mass is 32.2. The Morgan fingerprint density at radius 3 is 2.26 bits per heavy atom. The van der Waals surface area contributed by atoms with Gasteiger partial charge < -0.3 is 5.32 Å². The predicted octanol–water partition coefficient (Wildman–Crippen LogP) is 5.02. The molecule has 3 aromatic carbocycles. The van der Waals surface area contributed by atoms with Gasteiger partial charge in [-0.2, -0.15) is 0 Å². The Labute approximate surface area is 208 Å². The van der Waals surface area contributed by atoms with Crippen LogP contribution in [-0.4, -0.2) is 27.0 Å². The number of para-hydroxylation sites is 1. The molecule has 1 N–H and O–H groups in total. The molecule has 0 aliphatic rings. The molecule has 0 atom stereocenters. The molecule has 35 heavy (non-hydrogen) atoms. The standard InChI is InChI=1S/C28H27N3O3S/c1-28(2,3)24(32)18-35-27-30-23-16-20(25(33)29-17-19-10-6-4-7-11-19)14-15-22(23)26(34)31(27)21-12-8-5-9-13-21/h4-16H,17-18H2,1-3H3,(H,29,33). The Balaban J connectivity index is 1.71. The van der Waals surface area contributed by atoms with Crippen LogP contribution in [0.3, 0.4) is 0 Å². The lowest BCUT2D eigenvalue weighted by molar-refractivity contribution is -0.123. The summed E-state index contributed by atoms with van der Waals surface area (Å²) in [6, 6.07) is 23.8. The Morgan fingerprint density at radius 2 is 1.60 bits per heavy atom. The molecule has 0 bridgehead atoms. The van der Waals surface area contributed by atoms with Gasteiger partial charge in [0.05, 0.1) is 22.3 Å². The lowest BCUT2D eigenvalue weighted by atomic mass is 9.92. The van der Waals surface area contributed by atoms with Gasteiger partial charge >= 0.3 is 0 Å². The normalized spacial score (nSPS) is 11.4. The van der Waals surface area contributed by atoms with Crippen molar-refractivity contribution in [1.29, 1.82) is 0 Å². The summed E-state index contributed by atoms with van der Waals surface area (Å²) in [6.45, 7) is 6.01. The number of nitrogens with one attached hydrogen (secondary N) is 1. The minimum Gasteiger partial charge on any atom is -0.348 e. The number of nitrogens with zero attached hydrogens (tertiary/aromatic N) is 2. The Kier molecular flexibility index (Phi) is 7.17. The first-order valence-electron chi connectivity index (χ1n) is 11.3. The summed E-state index contributed by atoms with van der Waals surface area (Å²) in [5.74, 6) is -0.00155. The van der Waals surface area contributed by atoms with Crippen LogP contribution >= 0.6 is 11.8 Å². The summed E-state index contributed by atoms with van der Waals surface area (Å²) < 4.78 is 1.53. The highest BCUT2D eigenvalue weighted by Gasteiger charge is 2.23. The number of thioether (sulfide) groups is 1. The summed E-state index contributed by atoms with van der Waals surface area (Å²) in [5, 5.41) is 3.72. The van der Waals surface area contributed by atoms with Gasteiger partial charge in [-0.05, 0) is 35.9 Å². The second-order valence-corrected chi connectivity index (χ2v) is 10.2. The molecule has 1 heterocycles. The fraction of sp³-hybridized carbons (Fsp3) is 0.214. The molecular weight excluding hydrogens is 458 g/mol. The fourth-order valence-corrected chi connectivity index (χ4v) is 4.61. The largest absolute Gasteiger partial charge is 0.348 e. The molecule has 0 radical (unpaired) electrons. The topological polar surface area (TPSA) is 81.1 Å². The zero-order valence-corrected chi connectivity index (χ0v) is 20.8. The number of carbonyl (C=O) groups is 2. The number of ketones is 1. The van der Waals surface area contributed by atoms with E-state index < -0.39 is 5.41 Å². The smallest absolute Gasteiger partial charge is 0.266 e. The van der Waals surface area contributed by atoms with Gasteiger partial charge in [-0.1, -0.05) is 81.1 Å². The lowest BCUT2D eigenvalue weighted by Gasteiger charge is -2.17. The van der Waals surface area contributed by atoms with Crippen LogP contribution in [0.1, 0.15) is 36.7 Å². The Hall–Kier alpha value is -3.71. The summed E-state index contributed by atoms with van der Waals surface area (Å²) in [7, 11) is 0. The van der Waals surface area contributed by atoms with Crippen molar-refractivity contribution in [2.75, 3.05) is 5.75 Å². The molecular formula is C28H27N3O3S. The van der Waals surface area contributed by atoms with Gasteiger partial charge in [0.15, 0.2) is 5.16 Å². The zero-order chi connectivity index (χ0) is 25.0. The number of hydrogen-bond donors (Lipinski definition) is 1. The molecule has 6 nitrogen and oxygen atoms in total. The number of aromatic nitrogens is 2. The van der Waals surface area contributed by atoms with E-state index >= 15 is 0 Å². The van der Waals surface area contributed by atoms with Gasteiger partial charge in [0.1, 0.15) is 5.78 Å². The number of benzene rings is 3. The van der Waals surface area contributed by atoms with Crippen LogP contribution in [0.5, 0.6) is 0 Å². The van der Waals surface area contributed by atoms with E-state index in [0.29, 0.717) is 33.9 Å². The van der Waals surface area contributed by atoms with Crippen molar-refractivity contribution in [2.45, 2.75) is 32.5 Å². The maximum atomic E-state index is 13.5. The molecule has 4 aromatic rings. The van der Waals surface area contributed by atoms with Crippen LogP contribution in [0.2, 0.25) is 0 Å². The molecule has 0 fully saturated rings. The van der Waals surface area contributed by atoms with E-state index in [0.717, 1.165) is 5.56 Å². The van der Waals surface area contributed by atoms with Gasteiger partial charge in [0.25, 0.3) is 11.5 Å². The predicted molar refractivity (Wildman–Crippen MR) is 140 cm³/mol. The lowest BCUT2D eigenvalue weighted by Crippen LogP contribution is -2.25. The highest BCUT2D eigenvalue weighted by molar-refractivity contribution is 7.99. The van der Waals surface area contributed by atoms with Crippen molar-refractivity contribution >= 4 is 34.4 Å². The number of hydrogen-bond acceptors (Lipinski definition) is 5. The van der Waals surface area contributed by atoms with E-state index in [2.05, 4.69) is 5.32 Å². The number of carbonyl (C=O) groups excluding carboxylic acids is 2. The third-order valence-corrected chi connectivity index (χ3v) is 6.52. The van der Waals surface area contributed by atoms with E-state index in [1.807, 2.05) is 81.4 Å². The van der Waals surface area contributed by atoms with Gasteiger partial charge in [-0.15, -0.1) is 0 Å². The number of fused-ring (bicyclic) bond motifs is 1. The molecule has 0 aliphatic carbocycles. The van der Waals surface area contributed by atoms with Crippen molar-refractivity contribution in [3.63, 3.8) is 0 Å². The maximum absolute atomic E-state index is 13.5. The molecule has 1 amide bonds. The van der Waals surface area contributed by atoms with Crippen molar-refractivity contribution in [1.82, 2.24) is 14.9 Å². The van der Waals surface area contributed by atoms with Gasteiger partial charge in [0, 0.05) is 17.5 Å². The average Bonchev–Trinajstić information content (AvgIpc) is 2.86. The van der Waals surface area contributed by atoms with Crippen molar-refractivity contribution in [3.8, 4) is 5.69 Å². The fourth-order valence-electron chi connectivity index (χ4n) is 3.44. The first-order valence-corrected chi connectivity index (χ1v) is 12.3. The number of amides is 1. The molecule has 0 spiro atoms. The van der Waals surface area contributed by atoms with Crippen LogP contribution in [-0.2, 0) is 11.3 Å². The Bertz CT molecular complexity index is 1430. The summed E-state index contributed by atoms with van der Waals surface area (Å²) in [4.78, 5) is 43.6. The monoisotopic (exact) mass is 485 g/mol. The molecule has 7 heteroatoms. The van der Waals surface area contributed by atoms with Crippen LogP contribution < -0.4 is 10.9 Å². The van der Waals surface area contributed by atoms with Crippen LogP contribution in [0.25, 0.3) is 16.6 Å². The Morgan fingerprint density at radius 1 is 0.943 bits per heavy atom. The summed E-state index contributed by atoms with van der Waals surface area (Å²) in [5.41, 5.74) is 1.75. The van der Waals surface area contributed by atoms with Gasteiger partial charge in [-0.3, -0.25) is 19.0 Å². The first-order chi connectivity index (χ1) is 16.7. The third kappa shape index (κ3) is 5.69. The first kappa shape index (κ1) is 24.4. The van der Waals surface area contributed by atoms with Gasteiger partial charge in [0.2, 0.25) is 0 Å². The van der Waals surface area contributed by atoms with Crippen LogP contribution in [0.15, 0.2) is 88.8 Å². The van der Waals surface area contributed by atoms with E-state index in [-0.39, 0.29) is 23.0 Å². The highest BCUT2D eigenvalue weighted by Crippen LogP contribution is 2.25. The number of Topliss-reactive ketones (excluding diaryl/α,β-unsaturated/α-hetero) is 1. The summed E-state index contributed by atoms with van der Waals surface area (Å²) in [6.07, 6.45) is 0. The molecule has 0 aliphatic heterocycles. The molecule has 0 unspecified atom stereocenters. The summed E-state index contributed by atoms with van der Waals surface area (Å²) >= 11 is 1.23. The third-order valence-electron chi connectivity index (χ3n) is 5.58. The second kappa shape index (κ2) is 10.3. The van der Waals surface area contributed by atoms with E-state index in [1.54, 1.807) is 18.2 Å². The van der Waals surface area contributed by atoms with Crippen LogP contribution in [0.4, 0.5) is 0 Å². The molecule has 1 aromatic heterocycles. The minimum atomic E-state index is -0.494. The van der Waals surface area contributed by atoms with Crippen molar-refractivity contribution in [3.05, 3.63) is 100 Å². The number of rotatable bonds is 7. The molecule has 178 valence electrons. The van der Waals surface area contributed by atoms with Crippen LogP contribution in [0, 0.1) is 5.41 Å².